The van der Waals surface area contributed by atoms with Gasteiger partial charge < -0.3 is 0 Å². The number of pyridine rings is 1. The Labute approximate surface area is 679 Å². The fourth-order valence-electron chi connectivity index (χ4n) is 16.9. The van der Waals surface area contributed by atoms with E-state index in [0.29, 0.717) is 17.8 Å². The highest BCUT2D eigenvalue weighted by Gasteiger charge is 2.29. The summed E-state index contributed by atoms with van der Waals surface area (Å²) in [6, 6.07) is 115. The van der Waals surface area contributed by atoms with E-state index in [4.69, 9.17) is 29.9 Å². The van der Waals surface area contributed by atoms with Crippen LogP contribution in [0.2, 0.25) is 0 Å². The van der Waals surface area contributed by atoms with Crippen molar-refractivity contribution >= 4 is 233 Å². The molecule has 0 atom stereocenters. The van der Waals surface area contributed by atoms with Gasteiger partial charge in [0.05, 0.1) is 94.9 Å². The average molecular weight is 1580 g/mol. The Morgan fingerprint density at radius 2 is 0.487 bits per heavy atom. The first kappa shape index (κ1) is 66.1. The Morgan fingerprint density at radius 3 is 0.887 bits per heavy atom. The van der Waals surface area contributed by atoms with Gasteiger partial charge in [-0.1, -0.05) is 255 Å². The van der Waals surface area contributed by atoms with E-state index in [1.54, 1.807) is 0 Å². The minimum Gasteiger partial charge on any atom is -0.275 e. The number of para-hydroxylation sites is 3. The van der Waals surface area contributed by atoms with Gasteiger partial charge in [0.25, 0.3) is 0 Å². The summed E-state index contributed by atoms with van der Waals surface area (Å²) in [5, 5.41) is 13.0. The molecule has 538 valence electrons. The number of nitrogens with zero attached hydrogens (tertiary/aromatic N) is 10. The standard InChI is InChI=1S/C36H21N3S2.C34H19N3S2.C29H16N4S2/c1-2-11-22(12-3-1)23-13-10-14-24(21-23)31-25-15-4-7-18-28(25)37-36(38-31)39-32-26-16-5-8-19-29(26)40-34(32)35-33(39)27-17-6-9-20-30(27)41-35;1-2-12-21-20(10-1)11-9-16-22(21)29-23-13-3-6-17-26(23)35-34(36-29)37-30-24-14-4-7-18-27(24)38-32(30)33-31(37)25-15-5-8-19-28(25)39-33;1-4-10-21-18(7-1)24(17-13-15-30-16-14-17)32-29(31-21)33-25-19-8-2-5-11-22(19)34-27(25)28-26(33)20-9-3-6-12-23(20)35-28/h1-21H;1-19H;1-16H. The van der Waals surface area contributed by atoms with Gasteiger partial charge in [-0.05, 0) is 94.7 Å². The Kier molecular flexibility index (Phi) is 15.3. The van der Waals surface area contributed by atoms with Crippen LogP contribution in [-0.2, 0) is 0 Å². The molecule has 13 aromatic carbocycles. The normalized spacial score (nSPS) is 12.0. The lowest BCUT2D eigenvalue weighted by molar-refractivity contribution is 1.02. The number of aromatic nitrogens is 10. The number of hydrogen-bond acceptors (Lipinski definition) is 13. The quantitative estimate of drug-likeness (QED) is 0.156. The van der Waals surface area contributed by atoms with Crippen LogP contribution in [0.1, 0.15) is 0 Å². The van der Waals surface area contributed by atoms with Crippen molar-refractivity contribution in [3.8, 4) is 62.7 Å². The lowest BCUT2D eigenvalue weighted by Gasteiger charge is -2.13. The van der Waals surface area contributed by atoms with E-state index in [1.165, 1.54) is 144 Å². The third-order valence-corrected chi connectivity index (χ3v) is 29.4. The molecule has 0 fully saturated rings. The molecule has 16 heteroatoms. The molecule has 0 saturated heterocycles. The molecule has 0 aliphatic heterocycles. The van der Waals surface area contributed by atoms with Crippen LogP contribution in [-0.4, -0.2) is 48.6 Å². The molecule has 0 aliphatic carbocycles. The molecule has 0 N–H and O–H groups in total. The number of rotatable bonds is 7. The van der Waals surface area contributed by atoms with Crippen molar-refractivity contribution < 1.29 is 0 Å². The summed E-state index contributed by atoms with van der Waals surface area (Å²) < 4.78 is 22.4. The summed E-state index contributed by atoms with van der Waals surface area (Å²) in [5.74, 6) is 2.11. The van der Waals surface area contributed by atoms with Gasteiger partial charge in [-0.25, -0.2) is 29.9 Å². The SMILES string of the molecule is c1ccc(-c2cccc(-c3nc(-n4c5c6ccccc6sc5c5sc6ccccc6c54)nc4ccccc34)c2)cc1.c1ccc2c(-c3ccncc3)nc(-n3c4c5ccccc5sc4c4sc5ccccc5c43)nc2c1.c1ccc2c(-c3nc(-n4c5c6ccccc6sc5c5sc6ccccc6c54)nc4ccccc34)cccc2c1. The van der Waals surface area contributed by atoms with Crippen LogP contribution >= 0.6 is 68.0 Å². The lowest BCUT2D eigenvalue weighted by Crippen LogP contribution is -2.03. The summed E-state index contributed by atoms with van der Waals surface area (Å²) in [4.78, 5) is 35.8. The zero-order valence-corrected chi connectivity index (χ0v) is 65.7. The number of fused-ring (bicyclic) bond motifs is 25. The van der Waals surface area contributed by atoms with Gasteiger partial charge in [0.15, 0.2) is 0 Å². The molecule has 26 rings (SSSR count). The first-order valence-electron chi connectivity index (χ1n) is 37.9. The third kappa shape index (κ3) is 10.5. The molecule has 13 heterocycles. The van der Waals surface area contributed by atoms with Gasteiger partial charge in [-0.2, -0.15) is 0 Å². The largest absolute Gasteiger partial charge is 0.275 e. The summed E-state index contributed by atoms with van der Waals surface area (Å²) >= 11 is 11.1. The first-order valence-corrected chi connectivity index (χ1v) is 42.8. The van der Waals surface area contributed by atoms with Crippen LogP contribution < -0.4 is 0 Å². The minimum absolute atomic E-state index is 0.697. The molecule has 26 aromatic rings. The fourth-order valence-corrected chi connectivity index (χ4v) is 24.5. The van der Waals surface area contributed by atoms with Crippen LogP contribution in [0.15, 0.2) is 340 Å². The van der Waals surface area contributed by atoms with Gasteiger partial charge in [-0.15, -0.1) is 68.0 Å². The number of hydrogen-bond donors (Lipinski definition) is 0. The second-order valence-corrected chi connectivity index (χ2v) is 34.9. The van der Waals surface area contributed by atoms with Crippen LogP contribution in [0.3, 0.4) is 0 Å². The van der Waals surface area contributed by atoms with Gasteiger partial charge >= 0.3 is 0 Å². The van der Waals surface area contributed by atoms with Gasteiger partial charge in [0, 0.05) is 106 Å². The molecular weight excluding hydrogens is 1520 g/mol. The second kappa shape index (κ2) is 26.5. The van der Waals surface area contributed by atoms with Crippen molar-refractivity contribution in [2.75, 3.05) is 0 Å². The van der Waals surface area contributed by atoms with Crippen molar-refractivity contribution in [2.45, 2.75) is 0 Å². The Hall–Kier alpha value is -13.6. The molecule has 13 aromatic heterocycles. The predicted octanol–water partition coefficient (Wildman–Crippen LogP) is 28.7. The Morgan fingerprint density at radius 1 is 0.200 bits per heavy atom. The highest BCUT2D eigenvalue weighted by atomic mass is 32.1. The van der Waals surface area contributed by atoms with Crippen LogP contribution in [0, 0.1) is 0 Å². The van der Waals surface area contributed by atoms with Crippen molar-refractivity contribution in [1.29, 1.82) is 0 Å². The summed E-state index contributed by atoms with van der Waals surface area (Å²) in [7, 11) is 0. The fraction of sp³-hybridized carbons (Fsp3) is 0. The maximum absolute atomic E-state index is 5.40. The molecule has 10 nitrogen and oxygen atoms in total. The predicted molar refractivity (Wildman–Crippen MR) is 491 cm³/mol. The number of thiophene rings is 6. The van der Waals surface area contributed by atoms with Gasteiger partial charge in [0.2, 0.25) is 17.8 Å². The van der Waals surface area contributed by atoms with E-state index < -0.39 is 0 Å². The molecule has 115 heavy (non-hydrogen) atoms. The topological polar surface area (TPSA) is 105 Å². The molecule has 0 aliphatic rings. The van der Waals surface area contributed by atoms with Crippen molar-refractivity contribution in [1.82, 2.24) is 48.6 Å². The van der Waals surface area contributed by atoms with Gasteiger partial charge in [-0.3, -0.25) is 18.7 Å². The minimum atomic E-state index is 0.697. The lowest BCUT2D eigenvalue weighted by atomic mass is 9.99. The molecule has 0 amide bonds. The third-order valence-electron chi connectivity index (χ3n) is 22.0. The summed E-state index contributed by atoms with van der Waals surface area (Å²) in [5.41, 5.74) is 18.4. The van der Waals surface area contributed by atoms with E-state index in [0.717, 1.165) is 66.5 Å². The maximum Gasteiger partial charge on any atom is 0.235 e. The Bertz CT molecular complexity index is 8200. The average Bonchev–Trinajstić information content (AvgIpc) is 1.56. The van der Waals surface area contributed by atoms with E-state index in [2.05, 4.69) is 322 Å². The van der Waals surface area contributed by atoms with Crippen molar-refractivity contribution in [3.05, 3.63) is 340 Å². The molecule has 0 unspecified atom stereocenters. The molecule has 0 radical (unpaired) electrons. The maximum atomic E-state index is 5.40. The van der Waals surface area contributed by atoms with E-state index >= 15 is 0 Å². The highest BCUT2D eigenvalue weighted by molar-refractivity contribution is 7.35. The van der Waals surface area contributed by atoms with E-state index in [-0.39, 0.29) is 0 Å². The highest BCUT2D eigenvalue weighted by Crippen LogP contribution is 2.52. The molecule has 0 saturated carbocycles. The zero-order valence-electron chi connectivity index (χ0n) is 60.8. The van der Waals surface area contributed by atoms with Crippen molar-refractivity contribution in [2.24, 2.45) is 0 Å². The van der Waals surface area contributed by atoms with Crippen molar-refractivity contribution in [3.63, 3.8) is 0 Å². The second-order valence-electron chi connectivity index (χ2n) is 28.5. The first-order chi connectivity index (χ1) is 57.0. The Balaban J connectivity index is 0.0000000997. The van der Waals surface area contributed by atoms with E-state index in [9.17, 15) is 0 Å². The molecule has 0 bridgehead atoms. The molecular formula is C99H56N10S6. The van der Waals surface area contributed by atoms with Crippen LogP contribution in [0.25, 0.3) is 228 Å². The van der Waals surface area contributed by atoms with Crippen LogP contribution in [0.4, 0.5) is 0 Å². The van der Waals surface area contributed by atoms with Crippen LogP contribution in [0.5, 0.6) is 0 Å². The monoisotopic (exact) mass is 1580 g/mol. The smallest absolute Gasteiger partial charge is 0.235 e. The zero-order chi connectivity index (χ0) is 75.3. The molecule has 0 spiro atoms. The number of benzene rings is 13. The summed E-state index contributed by atoms with van der Waals surface area (Å²) in [6.45, 7) is 0. The van der Waals surface area contributed by atoms with Gasteiger partial charge in [0.1, 0.15) is 0 Å². The summed E-state index contributed by atoms with van der Waals surface area (Å²) in [6.07, 6.45) is 3.63. The van der Waals surface area contributed by atoms with E-state index in [1.807, 2.05) is 105 Å².